The number of piperidine rings is 1. The van der Waals surface area contributed by atoms with E-state index in [0.29, 0.717) is 53.2 Å². The summed E-state index contributed by atoms with van der Waals surface area (Å²) in [5.74, 6) is 1.38. The van der Waals surface area contributed by atoms with E-state index in [2.05, 4.69) is 19.8 Å². The van der Waals surface area contributed by atoms with Gasteiger partial charge in [-0.25, -0.2) is 8.78 Å². The lowest BCUT2D eigenvalue weighted by Gasteiger charge is -2.34. The van der Waals surface area contributed by atoms with Crippen LogP contribution in [0.4, 0.5) is 14.6 Å². The highest BCUT2D eigenvalue weighted by atomic mass is 35.5. The molecule has 2 bridgehead atoms. The summed E-state index contributed by atoms with van der Waals surface area (Å²) in [7, 11) is 0. The number of benzene rings is 1. The smallest absolute Gasteiger partial charge is 0.319 e. The fourth-order valence-electron chi connectivity index (χ4n) is 7.20. The second kappa shape index (κ2) is 9.02. The van der Waals surface area contributed by atoms with Gasteiger partial charge in [0.2, 0.25) is 0 Å². The number of alkyl halides is 1. The first kappa shape index (κ1) is 23.5. The van der Waals surface area contributed by atoms with E-state index in [9.17, 15) is 4.39 Å². The number of nitrogens with zero attached hydrogens (tertiary/aromatic N) is 5. The van der Waals surface area contributed by atoms with Crippen molar-refractivity contribution in [2.24, 2.45) is 11.8 Å². The van der Waals surface area contributed by atoms with Crippen molar-refractivity contribution in [1.29, 1.82) is 0 Å². The van der Waals surface area contributed by atoms with Gasteiger partial charge in [-0.15, -0.1) is 0 Å². The summed E-state index contributed by atoms with van der Waals surface area (Å²) >= 11 is 6.38. The maximum atomic E-state index is 16.1. The number of anilines is 1. The maximum Gasteiger partial charge on any atom is 0.319 e. The van der Waals surface area contributed by atoms with Gasteiger partial charge in [-0.05, 0) is 56.6 Å². The van der Waals surface area contributed by atoms with Crippen LogP contribution < -0.4 is 9.64 Å². The minimum Gasteiger partial charge on any atom is -0.461 e. The van der Waals surface area contributed by atoms with Gasteiger partial charge in [0.15, 0.2) is 5.82 Å². The zero-order valence-corrected chi connectivity index (χ0v) is 21.4. The van der Waals surface area contributed by atoms with Crippen LogP contribution in [0.5, 0.6) is 6.01 Å². The fraction of sp³-hybridized carbons (Fsp3) is 0.536. The predicted octanol–water partition coefficient (Wildman–Crippen LogP) is 5.68. The number of ether oxygens (including phenoxy) is 1. The summed E-state index contributed by atoms with van der Waals surface area (Å²) in [6, 6.07) is 7.22. The highest BCUT2D eigenvalue weighted by molar-refractivity contribution is 6.33. The Morgan fingerprint density at radius 3 is 2.73 bits per heavy atom. The summed E-state index contributed by atoms with van der Waals surface area (Å²) in [6.45, 7) is 3.40. The normalized spacial score (nSPS) is 29.3. The molecule has 194 valence electrons. The average molecular weight is 526 g/mol. The minimum atomic E-state index is -0.845. The van der Waals surface area contributed by atoms with Crippen molar-refractivity contribution in [3.05, 3.63) is 41.3 Å². The molecule has 4 atom stereocenters. The molecule has 0 spiro atoms. The molecular weight excluding hydrogens is 496 g/mol. The van der Waals surface area contributed by atoms with Gasteiger partial charge >= 0.3 is 6.01 Å². The quantitative estimate of drug-likeness (QED) is 0.427. The van der Waals surface area contributed by atoms with Crippen LogP contribution in [0.25, 0.3) is 22.2 Å². The Balaban J connectivity index is 1.30. The van der Waals surface area contributed by atoms with E-state index in [1.165, 1.54) is 19.3 Å². The minimum absolute atomic E-state index is 0.138. The van der Waals surface area contributed by atoms with Crippen molar-refractivity contribution in [3.8, 4) is 17.3 Å². The van der Waals surface area contributed by atoms with Crippen LogP contribution in [0, 0.1) is 17.7 Å². The summed E-state index contributed by atoms with van der Waals surface area (Å²) in [5.41, 5.74) is 0.520. The Hall–Kier alpha value is -2.58. The number of fused-ring (bicyclic) bond motifs is 4. The van der Waals surface area contributed by atoms with Gasteiger partial charge in [-0.2, -0.15) is 9.97 Å². The van der Waals surface area contributed by atoms with Gasteiger partial charge < -0.3 is 9.64 Å². The third-order valence-electron chi connectivity index (χ3n) is 8.91. The van der Waals surface area contributed by atoms with Crippen LogP contribution in [0.2, 0.25) is 5.02 Å². The van der Waals surface area contributed by atoms with Crippen molar-refractivity contribution < 1.29 is 13.5 Å². The molecule has 2 unspecified atom stereocenters. The topological polar surface area (TPSA) is 54.4 Å². The molecule has 37 heavy (non-hydrogen) atoms. The molecule has 4 fully saturated rings. The molecule has 7 rings (SSSR count). The van der Waals surface area contributed by atoms with E-state index < -0.39 is 12.0 Å². The summed E-state index contributed by atoms with van der Waals surface area (Å²) in [6.07, 6.45) is 6.87. The monoisotopic (exact) mass is 525 g/mol. The second-order valence-electron chi connectivity index (χ2n) is 11.3. The lowest BCUT2D eigenvalue weighted by Crippen LogP contribution is -2.43. The molecule has 3 aromatic rings. The van der Waals surface area contributed by atoms with E-state index in [1.54, 1.807) is 24.4 Å². The van der Waals surface area contributed by atoms with Gasteiger partial charge in [0.25, 0.3) is 0 Å². The summed E-state index contributed by atoms with van der Waals surface area (Å²) < 4.78 is 36.6. The Morgan fingerprint density at radius 2 is 1.92 bits per heavy atom. The molecule has 6 nitrogen and oxygen atoms in total. The Kier molecular flexibility index (Phi) is 5.73. The molecule has 1 aliphatic carbocycles. The highest BCUT2D eigenvalue weighted by Crippen LogP contribution is 2.42. The molecule has 4 aliphatic rings. The SMILES string of the molecule is Fc1c(-c2ccccc2Cl)ncc2c(N3CC4CCC(C4)C3)nc(OC[C@@]34CCCN3C[C@H](F)C4)nc12. The van der Waals surface area contributed by atoms with Gasteiger partial charge in [0.05, 0.1) is 15.9 Å². The number of halogens is 3. The Labute approximate surface area is 220 Å². The number of aromatic nitrogens is 3. The molecule has 1 aromatic carbocycles. The third-order valence-corrected chi connectivity index (χ3v) is 9.24. The number of hydrogen-bond acceptors (Lipinski definition) is 6. The second-order valence-corrected chi connectivity index (χ2v) is 11.7. The first-order valence-corrected chi connectivity index (χ1v) is 13.7. The maximum absolute atomic E-state index is 16.1. The molecule has 9 heteroatoms. The van der Waals surface area contributed by atoms with Crippen LogP contribution >= 0.6 is 11.6 Å². The summed E-state index contributed by atoms with van der Waals surface area (Å²) in [5, 5.41) is 1.00. The van der Waals surface area contributed by atoms with Crippen molar-refractivity contribution in [2.45, 2.75) is 50.2 Å². The molecule has 0 radical (unpaired) electrons. The molecule has 0 N–H and O–H groups in total. The first-order chi connectivity index (χ1) is 18.0. The molecule has 0 amide bonds. The van der Waals surface area contributed by atoms with E-state index in [1.807, 2.05) is 6.07 Å². The van der Waals surface area contributed by atoms with Gasteiger partial charge in [0.1, 0.15) is 29.8 Å². The largest absolute Gasteiger partial charge is 0.461 e. The van der Waals surface area contributed by atoms with Crippen molar-refractivity contribution in [1.82, 2.24) is 19.9 Å². The van der Waals surface area contributed by atoms with Crippen molar-refractivity contribution >= 4 is 28.3 Å². The van der Waals surface area contributed by atoms with Crippen LogP contribution in [0.15, 0.2) is 30.5 Å². The lowest BCUT2D eigenvalue weighted by molar-refractivity contribution is 0.107. The molecule has 3 aliphatic heterocycles. The summed E-state index contributed by atoms with van der Waals surface area (Å²) in [4.78, 5) is 18.3. The molecule has 5 heterocycles. The van der Waals surface area contributed by atoms with Crippen LogP contribution in [0.3, 0.4) is 0 Å². The number of hydrogen-bond donors (Lipinski definition) is 0. The highest BCUT2D eigenvalue weighted by Gasteiger charge is 2.49. The van der Waals surface area contributed by atoms with E-state index in [0.717, 1.165) is 32.5 Å². The molecule has 3 saturated heterocycles. The van der Waals surface area contributed by atoms with Gasteiger partial charge in [0, 0.05) is 37.8 Å². The first-order valence-electron chi connectivity index (χ1n) is 13.4. The van der Waals surface area contributed by atoms with E-state index >= 15 is 4.39 Å². The predicted molar refractivity (Wildman–Crippen MR) is 139 cm³/mol. The van der Waals surface area contributed by atoms with Crippen LogP contribution in [-0.2, 0) is 0 Å². The average Bonchev–Trinajstić information content (AvgIpc) is 3.54. The van der Waals surface area contributed by atoms with Crippen molar-refractivity contribution in [3.63, 3.8) is 0 Å². The Bertz CT molecular complexity index is 1350. The molecule has 1 saturated carbocycles. The van der Waals surface area contributed by atoms with Gasteiger partial charge in [-0.1, -0.05) is 29.8 Å². The number of rotatable bonds is 5. The zero-order valence-electron chi connectivity index (χ0n) is 20.7. The van der Waals surface area contributed by atoms with Crippen LogP contribution in [0.1, 0.15) is 38.5 Å². The van der Waals surface area contributed by atoms with Gasteiger partial charge in [-0.3, -0.25) is 9.88 Å². The van der Waals surface area contributed by atoms with Crippen LogP contribution in [-0.4, -0.2) is 64.3 Å². The Morgan fingerprint density at radius 1 is 1.11 bits per heavy atom. The lowest BCUT2D eigenvalue weighted by atomic mass is 9.95. The third kappa shape index (κ3) is 4.04. The van der Waals surface area contributed by atoms with E-state index in [-0.39, 0.29) is 22.8 Å². The molecular formula is C28H30ClF2N5O. The zero-order chi connectivity index (χ0) is 25.1. The fourth-order valence-corrected chi connectivity index (χ4v) is 7.42. The van der Waals surface area contributed by atoms with Crippen molar-refractivity contribution in [2.75, 3.05) is 37.7 Å². The number of pyridine rings is 1. The standard InChI is InChI=1S/C28H30ClF2N5O/c29-22-5-2-1-4-20(22)24-23(31)25-21(12-32-24)26(35-13-17-6-7-18(10-17)14-35)34-27(33-25)37-16-28-8-3-9-36(28)15-19(30)11-28/h1-2,4-5,12,17-19H,3,6-11,13-16H2/t17?,18?,19-,28+/m1/s1. The molecule has 2 aromatic heterocycles. The van der Waals surface area contributed by atoms with E-state index in [4.69, 9.17) is 21.3 Å².